The average Bonchev–Trinajstić information content (AvgIpc) is 2.96. The van der Waals surface area contributed by atoms with Gasteiger partial charge in [0.15, 0.2) is 0 Å². The molecule has 3 fully saturated rings. The van der Waals surface area contributed by atoms with E-state index >= 15 is 0 Å². The molecule has 0 N–H and O–H groups in total. The summed E-state index contributed by atoms with van der Waals surface area (Å²) in [6.45, 7) is 0. The van der Waals surface area contributed by atoms with Crippen LogP contribution in [0.1, 0.15) is 12.8 Å². The van der Waals surface area contributed by atoms with Gasteiger partial charge >= 0.3 is 17.8 Å². The van der Waals surface area contributed by atoms with Gasteiger partial charge in [-0.1, -0.05) is 0 Å². The first-order valence-corrected chi connectivity index (χ1v) is 6.00. The number of carboxylic acid groups (broad SMARTS) is 1. The van der Waals surface area contributed by atoms with Crippen LogP contribution >= 0.6 is 0 Å². The van der Waals surface area contributed by atoms with Gasteiger partial charge in [-0.15, -0.1) is 0 Å². The van der Waals surface area contributed by atoms with Crippen molar-refractivity contribution in [3.63, 3.8) is 0 Å². The summed E-state index contributed by atoms with van der Waals surface area (Å²) < 4.78 is 61.5. The van der Waals surface area contributed by atoms with Crippen LogP contribution in [-0.2, 0) is 19.1 Å². The van der Waals surface area contributed by atoms with Gasteiger partial charge in [-0.25, -0.2) is 4.79 Å². The van der Waals surface area contributed by atoms with E-state index in [9.17, 15) is 32.3 Å². The highest BCUT2D eigenvalue weighted by atomic mass is 19.3. The van der Waals surface area contributed by atoms with E-state index in [1.807, 2.05) is 0 Å². The molecule has 0 spiro atoms. The second-order valence-electron chi connectivity index (χ2n) is 5.34. The van der Waals surface area contributed by atoms with Crippen molar-refractivity contribution >= 4 is 11.9 Å². The lowest BCUT2D eigenvalue weighted by Gasteiger charge is -2.28. The molecule has 2 saturated carbocycles. The summed E-state index contributed by atoms with van der Waals surface area (Å²) >= 11 is 0. The fraction of sp³-hybridized carbons (Fsp3) is 0.818. The fourth-order valence-electron chi connectivity index (χ4n) is 3.15. The number of hydrogen-bond acceptors (Lipinski definition) is 5. The quantitative estimate of drug-likeness (QED) is 0.405. The molecule has 0 aromatic carbocycles. The molecule has 3 rings (SSSR count). The normalized spacial score (nSPS) is 38.5. The minimum Gasteiger partial charge on any atom is -0.544 e. The van der Waals surface area contributed by atoms with Gasteiger partial charge in [-0.05, 0) is 18.8 Å². The van der Waals surface area contributed by atoms with Gasteiger partial charge < -0.3 is 19.4 Å². The fourth-order valence-corrected chi connectivity index (χ4v) is 3.15. The van der Waals surface area contributed by atoms with Crippen LogP contribution < -0.4 is 5.11 Å². The Labute approximate surface area is 109 Å². The number of alkyl halides is 4. The van der Waals surface area contributed by atoms with Crippen molar-refractivity contribution in [2.24, 2.45) is 11.8 Å². The van der Waals surface area contributed by atoms with Gasteiger partial charge in [0.05, 0.1) is 12.2 Å². The summed E-state index contributed by atoms with van der Waals surface area (Å²) in [5.74, 6) is -17.1. The third kappa shape index (κ3) is 1.65. The first-order valence-electron chi connectivity index (χ1n) is 6.00. The number of halogens is 4. The van der Waals surface area contributed by atoms with Crippen LogP contribution in [0.3, 0.4) is 0 Å². The number of esters is 1. The number of carboxylic acids is 1. The van der Waals surface area contributed by atoms with Crippen molar-refractivity contribution in [1.82, 2.24) is 0 Å². The molecule has 2 aliphatic carbocycles. The van der Waals surface area contributed by atoms with Gasteiger partial charge in [-0.3, -0.25) is 0 Å². The second kappa shape index (κ2) is 3.84. The molecule has 0 radical (unpaired) electrons. The second-order valence-corrected chi connectivity index (χ2v) is 5.34. The minimum atomic E-state index is -5.61. The lowest BCUT2D eigenvalue weighted by molar-refractivity contribution is -0.346. The van der Waals surface area contributed by atoms with Crippen molar-refractivity contribution in [3.05, 3.63) is 0 Å². The Bertz CT molecular complexity index is 479. The van der Waals surface area contributed by atoms with Crippen LogP contribution in [0.25, 0.3) is 0 Å². The molecule has 3 aliphatic rings. The summed E-state index contributed by atoms with van der Waals surface area (Å²) in [6.07, 6.45) is -0.137. The van der Waals surface area contributed by atoms with E-state index in [4.69, 9.17) is 4.74 Å². The van der Waals surface area contributed by atoms with Crippen molar-refractivity contribution in [2.45, 2.75) is 43.0 Å². The predicted octanol–water partition coefficient (Wildman–Crippen LogP) is -0.274. The molecule has 20 heavy (non-hydrogen) atoms. The van der Waals surface area contributed by atoms with Crippen molar-refractivity contribution in [2.75, 3.05) is 0 Å². The van der Waals surface area contributed by atoms with E-state index < -0.39 is 29.9 Å². The molecule has 112 valence electrons. The first-order chi connectivity index (χ1) is 9.16. The smallest absolute Gasteiger partial charge is 0.410 e. The number of fused-ring (bicyclic) bond motifs is 5. The molecule has 2 bridgehead atoms. The molecule has 9 heteroatoms. The van der Waals surface area contributed by atoms with Gasteiger partial charge in [0.25, 0.3) is 0 Å². The Hall–Kier alpha value is -1.38. The molecular formula is C11H9F4O5-. The lowest BCUT2D eigenvalue weighted by atomic mass is 9.97. The predicted molar refractivity (Wildman–Crippen MR) is 49.7 cm³/mol. The third-order valence-electron chi connectivity index (χ3n) is 4.20. The number of carbonyl (C=O) groups excluding carboxylic acids is 2. The van der Waals surface area contributed by atoms with Gasteiger partial charge in [0.1, 0.15) is 12.1 Å². The standard InChI is InChI=1S/C11H10F4O5/c12-10(13,8(16)17)11(14,15)9(18)19-5-2-3-1-4(5)7-6(3)20-7/h3-7H,1-2H2,(H,16,17)/p-1. The molecule has 5 unspecified atom stereocenters. The number of aliphatic carboxylic acids is 1. The van der Waals surface area contributed by atoms with E-state index in [0.717, 1.165) is 0 Å². The Morgan fingerprint density at radius 2 is 1.75 bits per heavy atom. The van der Waals surface area contributed by atoms with Gasteiger partial charge in [0, 0.05) is 5.92 Å². The number of epoxide rings is 1. The Balaban J connectivity index is 1.69. The maximum absolute atomic E-state index is 13.2. The molecule has 0 amide bonds. The zero-order valence-corrected chi connectivity index (χ0v) is 9.85. The summed E-state index contributed by atoms with van der Waals surface area (Å²) in [5.41, 5.74) is 0. The zero-order chi connectivity index (χ0) is 14.9. The van der Waals surface area contributed by atoms with Crippen LogP contribution in [0.2, 0.25) is 0 Å². The highest BCUT2D eigenvalue weighted by molar-refractivity contribution is 5.88. The largest absolute Gasteiger partial charge is 0.544 e. The van der Waals surface area contributed by atoms with Crippen molar-refractivity contribution in [3.8, 4) is 0 Å². The number of ether oxygens (including phenoxy) is 2. The first kappa shape index (κ1) is 13.6. The maximum atomic E-state index is 13.2. The summed E-state index contributed by atoms with van der Waals surface area (Å²) in [6, 6.07) is 0. The van der Waals surface area contributed by atoms with Crippen molar-refractivity contribution < 1.29 is 41.7 Å². The highest BCUT2D eigenvalue weighted by Crippen LogP contribution is 2.57. The summed E-state index contributed by atoms with van der Waals surface area (Å²) in [7, 11) is 0. The van der Waals surface area contributed by atoms with Crippen LogP contribution in [0.15, 0.2) is 0 Å². The van der Waals surface area contributed by atoms with Crippen LogP contribution in [0.5, 0.6) is 0 Å². The Morgan fingerprint density at radius 1 is 1.10 bits per heavy atom. The summed E-state index contributed by atoms with van der Waals surface area (Å²) in [5, 5.41) is 10.0. The molecule has 0 aromatic heterocycles. The lowest BCUT2D eigenvalue weighted by Crippen LogP contribution is -2.58. The average molecular weight is 297 g/mol. The zero-order valence-electron chi connectivity index (χ0n) is 9.85. The molecule has 5 nitrogen and oxygen atoms in total. The Morgan fingerprint density at radius 3 is 2.25 bits per heavy atom. The van der Waals surface area contributed by atoms with Crippen LogP contribution in [-0.4, -0.2) is 42.1 Å². The maximum Gasteiger partial charge on any atom is 0.410 e. The minimum absolute atomic E-state index is 0.0557. The molecule has 1 saturated heterocycles. The Kier molecular flexibility index (Phi) is 2.61. The number of carbonyl (C=O) groups is 2. The van der Waals surface area contributed by atoms with E-state index in [2.05, 4.69) is 4.74 Å². The number of rotatable bonds is 4. The monoisotopic (exact) mass is 297 g/mol. The molecule has 5 atom stereocenters. The van der Waals surface area contributed by atoms with E-state index in [-0.39, 0.29) is 30.5 Å². The highest BCUT2D eigenvalue weighted by Gasteiger charge is 2.68. The third-order valence-corrected chi connectivity index (χ3v) is 4.20. The van der Waals surface area contributed by atoms with Gasteiger partial charge in [-0.2, -0.15) is 17.6 Å². The van der Waals surface area contributed by atoms with Gasteiger partial charge in [0.2, 0.25) is 0 Å². The van der Waals surface area contributed by atoms with Crippen LogP contribution in [0.4, 0.5) is 17.6 Å². The van der Waals surface area contributed by atoms with E-state index in [1.165, 1.54) is 0 Å². The number of hydrogen-bond donors (Lipinski definition) is 0. The van der Waals surface area contributed by atoms with E-state index in [0.29, 0.717) is 6.42 Å². The summed E-state index contributed by atoms with van der Waals surface area (Å²) in [4.78, 5) is 21.2. The van der Waals surface area contributed by atoms with E-state index in [1.54, 1.807) is 0 Å². The molecule has 0 aromatic rings. The van der Waals surface area contributed by atoms with Crippen LogP contribution in [0, 0.1) is 11.8 Å². The molecule has 1 aliphatic heterocycles. The molecular weight excluding hydrogens is 288 g/mol. The van der Waals surface area contributed by atoms with Crippen molar-refractivity contribution in [1.29, 1.82) is 0 Å². The topological polar surface area (TPSA) is 79.0 Å². The SMILES string of the molecule is O=C([O-])C(F)(F)C(F)(F)C(=O)OC1CC2CC1C1OC21. The molecule has 1 heterocycles.